The van der Waals surface area contributed by atoms with Gasteiger partial charge >= 0.3 is 0 Å². The summed E-state index contributed by atoms with van der Waals surface area (Å²) in [7, 11) is 0. The van der Waals surface area contributed by atoms with Gasteiger partial charge in [0.15, 0.2) is 5.82 Å². The predicted octanol–water partition coefficient (Wildman–Crippen LogP) is 3.81. The average molecular weight is 318 g/mol. The highest BCUT2D eigenvalue weighted by Gasteiger charge is 2.19. The summed E-state index contributed by atoms with van der Waals surface area (Å²) in [5, 5.41) is 12.3. The number of anilines is 3. The molecule has 0 spiro atoms. The van der Waals surface area contributed by atoms with Crippen molar-refractivity contribution < 1.29 is 0 Å². The summed E-state index contributed by atoms with van der Waals surface area (Å²) in [4.78, 5) is 6.81. The van der Waals surface area contributed by atoms with Crippen molar-refractivity contribution in [3.05, 3.63) is 35.0 Å². The zero-order valence-electron chi connectivity index (χ0n) is 12.9. The van der Waals surface area contributed by atoms with Gasteiger partial charge in [0, 0.05) is 23.8 Å². The van der Waals surface area contributed by atoms with Crippen LogP contribution in [0.25, 0.3) is 0 Å². The first-order valence-corrected chi connectivity index (χ1v) is 7.97. The first kappa shape index (κ1) is 15.0. The number of benzene rings is 1. The monoisotopic (exact) mass is 317 g/mol. The van der Waals surface area contributed by atoms with Crippen LogP contribution in [0.2, 0.25) is 5.02 Å². The second-order valence-electron chi connectivity index (χ2n) is 5.92. The Morgan fingerprint density at radius 3 is 3.00 bits per heavy atom. The third kappa shape index (κ3) is 3.47. The summed E-state index contributed by atoms with van der Waals surface area (Å²) in [5.74, 6) is 2.07. The fourth-order valence-electron chi connectivity index (χ4n) is 2.76. The van der Waals surface area contributed by atoms with Gasteiger partial charge in [-0.1, -0.05) is 18.5 Å². The Labute approximate surface area is 135 Å². The Morgan fingerprint density at radius 2 is 2.23 bits per heavy atom. The number of hydrogen-bond acceptors (Lipinski definition) is 5. The van der Waals surface area contributed by atoms with E-state index in [4.69, 9.17) is 11.6 Å². The maximum Gasteiger partial charge on any atom is 0.247 e. The van der Waals surface area contributed by atoms with E-state index in [1.165, 1.54) is 12.8 Å². The molecule has 1 N–H and O–H groups in total. The average Bonchev–Trinajstić information content (AvgIpc) is 2.50. The van der Waals surface area contributed by atoms with Crippen molar-refractivity contribution in [2.45, 2.75) is 26.7 Å². The minimum Gasteiger partial charge on any atom is -0.339 e. The van der Waals surface area contributed by atoms with Gasteiger partial charge in [-0.15, -0.1) is 5.10 Å². The maximum absolute atomic E-state index is 5.99. The summed E-state index contributed by atoms with van der Waals surface area (Å²) < 4.78 is 0. The largest absolute Gasteiger partial charge is 0.339 e. The number of aryl methyl sites for hydroxylation is 1. The molecule has 0 saturated carbocycles. The molecule has 3 rings (SSSR count). The molecule has 1 aliphatic heterocycles. The van der Waals surface area contributed by atoms with Crippen LogP contribution >= 0.6 is 11.6 Å². The molecule has 1 saturated heterocycles. The number of nitrogens with one attached hydrogen (secondary N) is 1. The van der Waals surface area contributed by atoms with E-state index in [9.17, 15) is 0 Å². The molecule has 0 bridgehead atoms. The lowest BCUT2D eigenvalue weighted by molar-refractivity contribution is 0.441. The van der Waals surface area contributed by atoms with Crippen molar-refractivity contribution in [3.8, 4) is 0 Å². The molecule has 1 aromatic heterocycles. The molecule has 1 fully saturated rings. The molecule has 116 valence electrons. The quantitative estimate of drug-likeness (QED) is 0.932. The van der Waals surface area contributed by atoms with Crippen LogP contribution in [0.5, 0.6) is 0 Å². The van der Waals surface area contributed by atoms with E-state index in [1.54, 1.807) is 6.20 Å². The van der Waals surface area contributed by atoms with Crippen molar-refractivity contribution in [3.63, 3.8) is 0 Å². The zero-order valence-corrected chi connectivity index (χ0v) is 13.6. The van der Waals surface area contributed by atoms with Crippen molar-refractivity contribution in [1.29, 1.82) is 0 Å². The van der Waals surface area contributed by atoms with Crippen LogP contribution < -0.4 is 10.2 Å². The van der Waals surface area contributed by atoms with E-state index in [1.807, 2.05) is 25.1 Å². The second-order valence-corrected chi connectivity index (χ2v) is 6.36. The van der Waals surface area contributed by atoms with Crippen LogP contribution in [-0.2, 0) is 0 Å². The SMILES string of the molecule is Cc1cc(Cl)ccc1Nc1cnnc(N2CCCC(C)C2)n1. The third-order valence-corrected chi connectivity index (χ3v) is 4.17. The van der Waals surface area contributed by atoms with Crippen LogP contribution in [0.4, 0.5) is 17.5 Å². The Balaban J connectivity index is 1.79. The van der Waals surface area contributed by atoms with Gasteiger partial charge in [0.25, 0.3) is 0 Å². The van der Waals surface area contributed by atoms with Crippen LogP contribution in [-0.4, -0.2) is 28.3 Å². The number of halogens is 1. The highest BCUT2D eigenvalue weighted by molar-refractivity contribution is 6.30. The molecule has 2 heterocycles. The van der Waals surface area contributed by atoms with Crippen molar-refractivity contribution in [2.24, 2.45) is 5.92 Å². The van der Waals surface area contributed by atoms with Crippen molar-refractivity contribution >= 4 is 29.1 Å². The normalized spacial score (nSPS) is 18.3. The van der Waals surface area contributed by atoms with E-state index in [0.717, 1.165) is 29.4 Å². The molecule has 1 aromatic carbocycles. The molecule has 1 aliphatic rings. The molecule has 6 heteroatoms. The van der Waals surface area contributed by atoms with E-state index < -0.39 is 0 Å². The van der Waals surface area contributed by atoms with Crippen LogP contribution in [0.3, 0.4) is 0 Å². The summed E-state index contributed by atoms with van der Waals surface area (Å²) >= 11 is 5.99. The van der Waals surface area contributed by atoms with Crippen LogP contribution in [0, 0.1) is 12.8 Å². The number of nitrogens with zero attached hydrogens (tertiary/aromatic N) is 4. The molecule has 1 atom stereocenters. The molecule has 5 nitrogen and oxygen atoms in total. The van der Waals surface area contributed by atoms with E-state index in [2.05, 4.69) is 32.3 Å². The molecule has 0 radical (unpaired) electrons. The summed E-state index contributed by atoms with van der Waals surface area (Å²) in [5.41, 5.74) is 2.04. The molecule has 0 aliphatic carbocycles. The van der Waals surface area contributed by atoms with Gasteiger partial charge in [-0.25, -0.2) is 0 Å². The number of aromatic nitrogens is 3. The van der Waals surface area contributed by atoms with E-state index in [-0.39, 0.29) is 0 Å². The Bertz CT molecular complexity index is 661. The Kier molecular flexibility index (Phi) is 4.43. The highest BCUT2D eigenvalue weighted by Crippen LogP contribution is 2.24. The van der Waals surface area contributed by atoms with E-state index >= 15 is 0 Å². The third-order valence-electron chi connectivity index (χ3n) is 3.94. The van der Waals surface area contributed by atoms with Gasteiger partial charge < -0.3 is 10.2 Å². The van der Waals surface area contributed by atoms with Gasteiger partial charge in [0.2, 0.25) is 5.95 Å². The van der Waals surface area contributed by atoms with Gasteiger partial charge in [-0.2, -0.15) is 10.1 Å². The standard InChI is InChI=1S/C16H20ClN5/c1-11-4-3-7-22(10-11)16-20-15(9-18-21-16)19-14-6-5-13(17)8-12(14)2/h5-6,8-9,11H,3-4,7,10H2,1-2H3,(H,19,20,21). The van der Waals surface area contributed by atoms with Gasteiger partial charge in [-0.05, 0) is 49.4 Å². The molecular formula is C16H20ClN5. The minimum atomic E-state index is 0.674. The Hall–Kier alpha value is -1.88. The Morgan fingerprint density at radius 1 is 1.36 bits per heavy atom. The second kappa shape index (κ2) is 6.48. The number of piperidine rings is 1. The van der Waals surface area contributed by atoms with Gasteiger partial charge in [0.1, 0.15) is 0 Å². The number of rotatable bonds is 3. The molecule has 1 unspecified atom stereocenters. The lowest BCUT2D eigenvalue weighted by Gasteiger charge is -2.30. The number of hydrogen-bond donors (Lipinski definition) is 1. The molecule has 2 aromatic rings. The first-order chi connectivity index (χ1) is 10.6. The van der Waals surface area contributed by atoms with Crippen LogP contribution in [0.1, 0.15) is 25.3 Å². The lowest BCUT2D eigenvalue weighted by atomic mass is 10.0. The molecular weight excluding hydrogens is 298 g/mol. The topological polar surface area (TPSA) is 53.9 Å². The van der Waals surface area contributed by atoms with Gasteiger partial charge in [-0.3, -0.25) is 0 Å². The fraction of sp³-hybridized carbons (Fsp3) is 0.438. The smallest absolute Gasteiger partial charge is 0.247 e. The van der Waals surface area contributed by atoms with Crippen molar-refractivity contribution in [2.75, 3.05) is 23.3 Å². The molecule has 22 heavy (non-hydrogen) atoms. The van der Waals surface area contributed by atoms with Crippen molar-refractivity contribution in [1.82, 2.24) is 15.2 Å². The summed E-state index contributed by atoms with van der Waals surface area (Å²) in [6.07, 6.45) is 4.09. The van der Waals surface area contributed by atoms with Gasteiger partial charge in [0.05, 0.1) is 6.20 Å². The summed E-state index contributed by atoms with van der Waals surface area (Å²) in [6.45, 7) is 6.26. The fourth-order valence-corrected chi connectivity index (χ4v) is 2.99. The predicted molar refractivity (Wildman–Crippen MR) is 89.9 cm³/mol. The minimum absolute atomic E-state index is 0.674. The highest BCUT2D eigenvalue weighted by atomic mass is 35.5. The zero-order chi connectivity index (χ0) is 15.5. The lowest BCUT2D eigenvalue weighted by Crippen LogP contribution is -2.35. The first-order valence-electron chi connectivity index (χ1n) is 7.59. The summed E-state index contributed by atoms with van der Waals surface area (Å²) in [6, 6.07) is 5.73. The van der Waals surface area contributed by atoms with E-state index in [0.29, 0.717) is 17.7 Å². The van der Waals surface area contributed by atoms with Crippen LogP contribution in [0.15, 0.2) is 24.4 Å². The molecule has 0 amide bonds. The maximum atomic E-state index is 5.99.